The Hall–Kier alpha value is -2.90. The molecule has 13 heteroatoms. The molecule has 2 saturated carbocycles. The Labute approximate surface area is 259 Å². The fourth-order valence-electron chi connectivity index (χ4n) is 6.60. The predicted octanol–water partition coefficient (Wildman–Crippen LogP) is 3.59. The molecule has 8 atom stereocenters. The molecule has 0 radical (unpaired) electrons. The second-order valence-corrected chi connectivity index (χ2v) is 18.4. The topological polar surface area (TPSA) is 153 Å². The minimum absolute atomic E-state index is 0.00912. The average molecular weight is 639 g/mol. The number of rotatable bonds is 10. The lowest BCUT2D eigenvalue weighted by Crippen LogP contribution is -2.44. The highest BCUT2D eigenvalue weighted by molar-refractivity contribution is 6.74. The van der Waals surface area contributed by atoms with E-state index in [-0.39, 0.29) is 46.8 Å². The van der Waals surface area contributed by atoms with Crippen LogP contribution in [0.5, 0.6) is 0 Å². The van der Waals surface area contributed by atoms with E-state index in [1.807, 2.05) is 0 Å². The summed E-state index contributed by atoms with van der Waals surface area (Å²) in [4.78, 5) is 50.1. The number of ether oxygens (including phenoxy) is 6. The summed E-state index contributed by atoms with van der Waals surface area (Å²) >= 11 is 0. The molecule has 0 amide bonds. The molecule has 0 saturated heterocycles. The Morgan fingerprint density at radius 2 is 1.43 bits per heavy atom. The highest BCUT2D eigenvalue weighted by Crippen LogP contribution is 2.49. The molecule has 12 nitrogen and oxygen atoms in total. The van der Waals surface area contributed by atoms with E-state index in [9.17, 15) is 24.3 Å². The molecule has 0 bridgehead atoms. The van der Waals surface area contributed by atoms with Crippen molar-refractivity contribution in [2.75, 3.05) is 26.9 Å². The molecule has 4 rings (SSSR count). The van der Waals surface area contributed by atoms with Crippen LogP contribution in [-0.2, 0) is 52.0 Å². The zero-order chi connectivity index (χ0) is 32.4. The van der Waals surface area contributed by atoms with Gasteiger partial charge in [-0.05, 0) is 55.7 Å². The van der Waals surface area contributed by atoms with E-state index in [0.29, 0.717) is 31.4 Å². The van der Waals surface area contributed by atoms with Crippen LogP contribution in [0.15, 0.2) is 23.7 Å². The van der Waals surface area contributed by atoms with Gasteiger partial charge in [-0.3, -0.25) is 4.79 Å². The Bertz CT molecular complexity index is 1170. The van der Waals surface area contributed by atoms with Crippen LogP contribution in [0.2, 0.25) is 18.1 Å². The van der Waals surface area contributed by atoms with Crippen molar-refractivity contribution in [2.24, 2.45) is 35.5 Å². The van der Waals surface area contributed by atoms with Gasteiger partial charge in [0.2, 0.25) is 12.6 Å². The average Bonchev–Trinajstić information content (AvgIpc) is 3.59. The summed E-state index contributed by atoms with van der Waals surface area (Å²) in [6.07, 6.45) is 3.20. The summed E-state index contributed by atoms with van der Waals surface area (Å²) in [5, 5.41) is 9.90. The Balaban J connectivity index is 1.39. The monoisotopic (exact) mass is 638 g/mol. The third-order valence-electron chi connectivity index (χ3n) is 10.0. The van der Waals surface area contributed by atoms with Gasteiger partial charge < -0.3 is 38.0 Å². The van der Waals surface area contributed by atoms with Crippen molar-refractivity contribution in [1.29, 1.82) is 0 Å². The first-order chi connectivity index (χ1) is 20.7. The summed E-state index contributed by atoms with van der Waals surface area (Å²) < 4.78 is 39.0. The van der Waals surface area contributed by atoms with Crippen LogP contribution in [0.25, 0.3) is 0 Å². The van der Waals surface area contributed by atoms with E-state index < -0.39 is 57.3 Å². The highest BCUT2D eigenvalue weighted by atomic mass is 28.4. The third-order valence-corrected chi connectivity index (χ3v) is 14.5. The zero-order valence-electron chi connectivity index (χ0n) is 26.7. The number of carbonyl (C=O) groups excluding carboxylic acids is 4. The van der Waals surface area contributed by atoms with E-state index in [1.54, 1.807) is 0 Å². The zero-order valence-corrected chi connectivity index (χ0v) is 27.7. The van der Waals surface area contributed by atoms with Gasteiger partial charge in [0.15, 0.2) is 14.9 Å². The van der Waals surface area contributed by atoms with E-state index in [2.05, 4.69) is 33.9 Å². The molecule has 0 aromatic rings. The minimum Gasteiger partial charge on any atom is -0.466 e. The molecule has 1 N–H and O–H groups in total. The van der Waals surface area contributed by atoms with Gasteiger partial charge in [-0.2, -0.15) is 0 Å². The number of aliphatic hydroxyl groups excluding tert-OH is 1. The SMILES string of the molecule is COC(=O)C1=COC(OC(=O)COC(=O)C2=COC(OC(C)=O)C3C(CO[Si](C)(C)C(C)(C)C)CCC23)C2C(CO)CCC12. The first-order valence-corrected chi connectivity index (χ1v) is 18.2. The first kappa shape index (κ1) is 34.0. The normalized spacial score (nSPS) is 31.3. The molecule has 2 aliphatic heterocycles. The van der Waals surface area contributed by atoms with Gasteiger partial charge >= 0.3 is 23.9 Å². The van der Waals surface area contributed by atoms with Crippen LogP contribution < -0.4 is 0 Å². The number of carbonyl (C=O) groups is 4. The molecule has 0 aromatic carbocycles. The Kier molecular flexibility index (Phi) is 10.5. The molecule has 2 aliphatic carbocycles. The lowest BCUT2D eigenvalue weighted by molar-refractivity contribution is -0.196. The van der Waals surface area contributed by atoms with Crippen molar-refractivity contribution >= 4 is 32.2 Å². The molecule has 246 valence electrons. The Morgan fingerprint density at radius 3 is 1.98 bits per heavy atom. The minimum atomic E-state index is -2.05. The van der Waals surface area contributed by atoms with Gasteiger partial charge in [-0.15, -0.1) is 0 Å². The molecule has 0 spiro atoms. The van der Waals surface area contributed by atoms with Crippen molar-refractivity contribution in [3.05, 3.63) is 23.7 Å². The van der Waals surface area contributed by atoms with Crippen LogP contribution >= 0.6 is 0 Å². The molecule has 2 heterocycles. The second-order valence-electron chi connectivity index (χ2n) is 13.6. The van der Waals surface area contributed by atoms with Crippen LogP contribution in [0.3, 0.4) is 0 Å². The van der Waals surface area contributed by atoms with Crippen molar-refractivity contribution < 1.29 is 57.1 Å². The molecule has 8 unspecified atom stereocenters. The predicted molar refractivity (Wildman–Crippen MR) is 156 cm³/mol. The summed E-state index contributed by atoms with van der Waals surface area (Å²) in [6, 6.07) is 0. The number of esters is 4. The van der Waals surface area contributed by atoms with Crippen molar-refractivity contribution in [3.63, 3.8) is 0 Å². The molecule has 44 heavy (non-hydrogen) atoms. The maximum Gasteiger partial charge on any atom is 0.347 e. The van der Waals surface area contributed by atoms with Crippen molar-refractivity contribution in [3.8, 4) is 0 Å². The van der Waals surface area contributed by atoms with E-state index >= 15 is 0 Å². The van der Waals surface area contributed by atoms with Gasteiger partial charge in [0.1, 0.15) is 0 Å². The first-order valence-electron chi connectivity index (χ1n) is 15.3. The van der Waals surface area contributed by atoms with Crippen LogP contribution in [-0.4, -0.2) is 76.8 Å². The summed E-state index contributed by atoms with van der Waals surface area (Å²) in [5.41, 5.74) is 0.597. The fraction of sp³-hybridized carbons (Fsp3) is 0.742. The molecule has 4 aliphatic rings. The summed E-state index contributed by atoms with van der Waals surface area (Å²) in [6.45, 7) is 11.8. The van der Waals surface area contributed by atoms with Crippen molar-refractivity contribution in [2.45, 2.75) is 84.1 Å². The second kappa shape index (κ2) is 13.6. The Morgan fingerprint density at radius 1 is 0.886 bits per heavy atom. The van der Waals surface area contributed by atoms with Crippen LogP contribution in [0.1, 0.15) is 53.4 Å². The van der Waals surface area contributed by atoms with Gasteiger partial charge in [0, 0.05) is 43.8 Å². The number of hydrogen-bond donors (Lipinski definition) is 1. The molecular formula is C31H46O12Si. The summed E-state index contributed by atoms with van der Waals surface area (Å²) in [7, 11) is -0.774. The lowest BCUT2D eigenvalue weighted by atomic mass is 9.83. The largest absolute Gasteiger partial charge is 0.466 e. The van der Waals surface area contributed by atoms with E-state index in [1.165, 1.54) is 26.6 Å². The van der Waals surface area contributed by atoms with Gasteiger partial charge in [-0.25, -0.2) is 14.4 Å². The van der Waals surface area contributed by atoms with Gasteiger partial charge in [-0.1, -0.05) is 20.8 Å². The number of aliphatic hydroxyl groups is 1. The third kappa shape index (κ3) is 7.15. The molecule has 2 fully saturated rings. The lowest BCUT2D eigenvalue weighted by Gasteiger charge is -2.39. The fourth-order valence-corrected chi connectivity index (χ4v) is 7.67. The number of methoxy groups -OCH3 is 1. The number of hydrogen-bond acceptors (Lipinski definition) is 12. The molecular weight excluding hydrogens is 592 g/mol. The van der Waals surface area contributed by atoms with E-state index in [0.717, 1.165) is 6.42 Å². The quantitative estimate of drug-likeness (QED) is 0.211. The summed E-state index contributed by atoms with van der Waals surface area (Å²) in [5.74, 6) is -4.20. The highest BCUT2D eigenvalue weighted by Gasteiger charge is 2.51. The van der Waals surface area contributed by atoms with Crippen LogP contribution in [0, 0.1) is 35.5 Å². The maximum atomic E-state index is 13.2. The maximum absolute atomic E-state index is 13.2. The molecule has 0 aromatic heterocycles. The standard InChI is InChI=1S/C31H46O12Si/c1-17(33)42-29-26-19(13-41-44(6,7)31(2,3)4)9-11-21(26)23(15-39-29)28(36)38-16-24(34)43-30-25-18(12-32)8-10-20(25)22(14-40-30)27(35)37-5/h14-15,18-21,25-26,29-30,32H,8-13,16H2,1-7H3. The van der Waals surface area contributed by atoms with Crippen LogP contribution in [0.4, 0.5) is 0 Å². The number of fused-ring (bicyclic) bond motifs is 2. The van der Waals surface area contributed by atoms with Crippen molar-refractivity contribution in [1.82, 2.24) is 0 Å². The van der Waals surface area contributed by atoms with E-state index in [4.69, 9.17) is 32.8 Å². The van der Waals surface area contributed by atoms with Gasteiger partial charge in [0.05, 0.1) is 30.8 Å². The smallest absolute Gasteiger partial charge is 0.347 e. The van der Waals surface area contributed by atoms with Gasteiger partial charge in [0.25, 0.3) is 0 Å².